The van der Waals surface area contributed by atoms with Gasteiger partial charge in [-0.2, -0.15) is 0 Å². The molecule has 0 unspecified atom stereocenters. The maximum absolute atomic E-state index is 12.7. The van der Waals surface area contributed by atoms with Crippen molar-refractivity contribution in [3.8, 4) is 5.75 Å². The Morgan fingerprint density at radius 1 is 1.18 bits per heavy atom. The van der Waals surface area contributed by atoms with Crippen LogP contribution in [0.25, 0.3) is 6.08 Å². The molecule has 0 saturated heterocycles. The highest BCUT2D eigenvalue weighted by Crippen LogP contribution is 2.57. The van der Waals surface area contributed by atoms with Crippen molar-refractivity contribution in [3.05, 3.63) is 35.9 Å². The van der Waals surface area contributed by atoms with Crippen molar-refractivity contribution in [2.24, 2.45) is 23.2 Å². The molecule has 1 aromatic carbocycles. The molecule has 2 fully saturated rings. The second-order valence-electron chi connectivity index (χ2n) is 9.62. The molecule has 0 aromatic heterocycles. The van der Waals surface area contributed by atoms with Gasteiger partial charge in [-0.05, 0) is 73.6 Å². The minimum atomic E-state index is -0.813. The van der Waals surface area contributed by atoms with Gasteiger partial charge in [-0.1, -0.05) is 39.3 Å². The molecule has 1 aromatic rings. The summed E-state index contributed by atoms with van der Waals surface area (Å²) in [6.45, 7) is 8.54. The first kappa shape index (κ1) is 20.9. The molecule has 2 aliphatic rings. The minimum Gasteiger partial charge on any atom is -0.508 e. The lowest BCUT2D eigenvalue weighted by Gasteiger charge is -2.57. The molecule has 3 rings (SSSR count). The summed E-state index contributed by atoms with van der Waals surface area (Å²) in [7, 11) is 0. The number of phenolic OH excluding ortho intramolecular Hbond substituents is 1. The van der Waals surface area contributed by atoms with Crippen LogP contribution in [0.3, 0.4) is 0 Å². The zero-order valence-electron chi connectivity index (χ0n) is 17.5. The molecule has 0 aliphatic heterocycles. The molecule has 28 heavy (non-hydrogen) atoms. The molecule has 0 bridgehead atoms. The van der Waals surface area contributed by atoms with Gasteiger partial charge in [0.1, 0.15) is 11.9 Å². The lowest BCUT2D eigenvalue weighted by molar-refractivity contribution is -0.201. The summed E-state index contributed by atoms with van der Waals surface area (Å²) in [5.74, 6) is 0.436. The van der Waals surface area contributed by atoms with Crippen LogP contribution in [0.5, 0.6) is 5.75 Å². The van der Waals surface area contributed by atoms with Gasteiger partial charge in [0, 0.05) is 12.0 Å². The van der Waals surface area contributed by atoms with Gasteiger partial charge in [-0.3, -0.25) is 0 Å². The van der Waals surface area contributed by atoms with Crippen molar-refractivity contribution in [1.29, 1.82) is 0 Å². The Morgan fingerprint density at radius 2 is 1.86 bits per heavy atom. The fraction of sp³-hybridized carbons (Fsp3) is 0.625. The van der Waals surface area contributed by atoms with Crippen molar-refractivity contribution in [2.45, 2.75) is 71.5 Å². The minimum absolute atomic E-state index is 0.0127. The third-order valence-corrected chi connectivity index (χ3v) is 7.06. The summed E-state index contributed by atoms with van der Waals surface area (Å²) < 4.78 is 6.05. The predicted molar refractivity (Wildman–Crippen MR) is 111 cm³/mol. The second-order valence-corrected chi connectivity index (χ2v) is 9.62. The molecular formula is C24H34O4. The molecule has 0 radical (unpaired) electrons. The smallest absolute Gasteiger partial charge is 0.331 e. The van der Waals surface area contributed by atoms with Crippen LogP contribution in [0.15, 0.2) is 30.3 Å². The molecule has 2 saturated carbocycles. The molecule has 4 heteroatoms. The van der Waals surface area contributed by atoms with Crippen molar-refractivity contribution in [1.82, 2.24) is 0 Å². The number of benzene rings is 1. The van der Waals surface area contributed by atoms with Crippen molar-refractivity contribution < 1.29 is 19.7 Å². The van der Waals surface area contributed by atoms with Crippen LogP contribution in [-0.2, 0) is 9.53 Å². The van der Waals surface area contributed by atoms with Crippen LogP contribution in [0.1, 0.15) is 65.4 Å². The predicted octanol–water partition coefficient (Wildman–Crippen LogP) is 4.94. The Hall–Kier alpha value is -1.81. The number of carbonyl (C=O) groups excluding carboxylic acids is 1. The summed E-state index contributed by atoms with van der Waals surface area (Å²) in [6.07, 6.45) is 7.85. The molecule has 0 heterocycles. The summed E-state index contributed by atoms with van der Waals surface area (Å²) >= 11 is 0. The number of hydrogen-bond acceptors (Lipinski definition) is 4. The van der Waals surface area contributed by atoms with Gasteiger partial charge >= 0.3 is 5.97 Å². The van der Waals surface area contributed by atoms with Gasteiger partial charge in [0.25, 0.3) is 0 Å². The summed E-state index contributed by atoms with van der Waals surface area (Å²) in [6, 6.07) is 6.68. The number of aliphatic hydroxyl groups is 1. The van der Waals surface area contributed by atoms with E-state index in [2.05, 4.69) is 20.8 Å². The maximum Gasteiger partial charge on any atom is 0.331 e. The number of phenols is 1. The largest absolute Gasteiger partial charge is 0.508 e. The van der Waals surface area contributed by atoms with Gasteiger partial charge < -0.3 is 14.9 Å². The standard InChI is InChI=1S/C24H34O4/c1-16(2)19-12-15-23(3)13-5-14-24(4,27)22(23)21(19)28-20(26)11-8-17-6-9-18(25)10-7-17/h6-11,16,19,21-22,25,27H,5,12-15H2,1-4H3/t19-,21+,22+,23+,24+/m0/s1. The highest BCUT2D eigenvalue weighted by molar-refractivity contribution is 5.87. The topological polar surface area (TPSA) is 66.8 Å². The van der Waals surface area contributed by atoms with E-state index in [0.29, 0.717) is 5.92 Å². The first-order valence-electron chi connectivity index (χ1n) is 10.5. The second kappa shape index (κ2) is 7.90. The summed E-state index contributed by atoms with van der Waals surface area (Å²) in [4.78, 5) is 12.7. The monoisotopic (exact) mass is 386 g/mol. The van der Waals surface area contributed by atoms with Crippen molar-refractivity contribution in [3.63, 3.8) is 0 Å². The van der Waals surface area contributed by atoms with E-state index in [1.54, 1.807) is 30.3 Å². The van der Waals surface area contributed by atoms with E-state index >= 15 is 0 Å². The molecule has 154 valence electrons. The van der Waals surface area contributed by atoms with Crippen molar-refractivity contribution in [2.75, 3.05) is 0 Å². The van der Waals surface area contributed by atoms with Gasteiger partial charge in [-0.15, -0.1) is 0 Å². The van der Waals surface area contributed by atoms with Crippen LogP contribution in [0.2, 0.25) is 0 Å². The van der Waals surface area contributed by atoms with E-state index < -0.39 is 5.60 Å². The van der Waals surface area contributed by atoms with E-state index in [-0.39, 0.29) is 35.1 Å². The third kappa shape index (κ3) is 4.27. The summed E-state index contributed by atoms with van der Waals surface area (Å²) in [5.41, 5.74) is 0.0265. The van der Waals surface area contributed by atoms with Crippen LogP contribution < -0.4 is 0 Å². The maximum atomic E-state index is 12.7. The number of carbonyl (C=O) groups is 1. The van der Waals surface area contributed by atoms with Crippen LogP contribution in [0.4, 0.5) is 0 Å². The fourth-order valence-corrected chi connectivity index (χ4v) is 5.64. The van der Waals surface area contributed by atoms with E-state index in [1.807, 2.05) is 6.92 Å². The van der Waals surface area contributed by atoms with E-state index in [4.69, 9.17) is 4.74 Å². The number of fused-ring (bicyclic) bond motifs is 1. The zero-order chi connectivity index (χ0) is 20.5. The lowest BCUT2D eigenvalue weighted by Crippen LogP contribution is -2.59. The summed E-state index contributed by atoms with van der Waals surface area (Å²) in [5, 5.41) is 20.6. The molecule has 5 atom stereocenters. The number of esters is 1. The first-order valence-corrected chi connectivity index (χ1v) is 10.5. The Bertz CT molecular complexity index is 719. The zero-order valence-corrected chi connectivity index (χ0v) is 17.5. The molecule has 0 amide bonds. The van der Waals surface area contributed by atoms with Crippen LogP contribution in [-0.4, -0.2) is 27.9 Å². The van der Waals surface area contributed by atoms with Crippen molar-refractivity contribution >= 4 is 12.0 Å². The van der Waals surface area contributed by atoms with Crippen LogP contribution >= 0.6 is 0 Å². The Labute approximate surface area is 168 Å². The molecule has 2 aliphatic carbocycles. The fourth-order valence-electron chi connectivity index (χ4n) is 5.64. The number of ether oxygens (including phenoxy) is 1. The van der Waals surface area contributed by atoms with Gasteiger partial charge in [0.15, 0.2) is 0 Å². The van der Waals surface area contributed by atoms with E-state index in [9.17, 15) is 15.0 Å². The van der Waals surface area contributed by atoms with Gasteiger partial charge in [-0.25, -0.2) is 4.79 Å². The lowest BCUT2D eigenvalue weighted by atomic mass is 9.51. The van der Waals surface area contributed by atoms with Gasteiger partial charge in [0.2, 0.25) is 0 Å². The number of aromatic hydroxyl groups is 1. The average molecular weight is 387 g/mol. The number of rotatable bonds is 4. The van der Waals surface area contributed by atoms with Crippen LogP contribution in [0, 0.1) is 23.2 Å². The van der Waals surface area contributed by atoms with E-state index in [1.165, 1.54) is 6.08 Å². The molecule has 4 nitrogen and oxygen atoms in total. The number of hydrogen-bond donors (Lipinski definition) is 2. The first-order chi connectivity index (χ1) is 13.1. The Balaban J connectivity index is 1.82. The SMILES string of the molecule is CC(C)[C@@H]1CC[C@@]2(C)CCC[C@@](C)(O)[C@@H]2[C@@H]1OC(=O)C=Cc1ccc(O)cc1. The Morgan fingerprint density at radius 3 is 2.50 bits per heavy atom. The average Bonchev–Trinajstić information content (AvgIpc) is 2.60. The van der Waals surface area contributed by atoms with Gasteiger partial charge in [0.05, 0.1) is 5.60 Å². The normalized spacial score (nSPS) is 35.7. The third-order valence-electron chi connectivity index (χ3n) is 7.06. The van der Waals surface area contributed by atoms with E-state index in [0.717, 1.165) is 37.7 Å². The molecule has 0 spiro atoms. The molecule has 2 N–H and O–H groups in total. The quantitative estimate of drug-likeness (QED) is 0.568. The molecular weight excluding hydrogens is 352 g/mol. The highest BCUT2D eigenvalue weighted by atomic mass is 16.5. The highest BCUT2D eigenvalue weighted by Gasteiger charge is 2.57. The Kier molecular flexibility index (Phi) is 5.90.